The summed E-state index contributed by atoms with van der Waals surface area (Å²) in [6.45, 7) is 3.69. The van der Waals surface area contributed by atoms with Gasteiger partial charge in [0.05, 0.1) is 12.5 Å². The molecule has 2 N–H and O–H groups in total. The zero-order valence-corrected chi connectivity index (χ0v) is 11.5. The van der Waals surface area contributed by atoms with E-state index in [1.807, 2.05) is 13.8 Å². The monoisotopic (exact) mass is 283 g/mol. The molecule has 1 amide bonds. The molecule has 0 saturated carbocycles. The second kappa shape index (κ2) is 7.59. The molecule has 0 aliphatic carbocycles. The van der Waals surface area contributed by atoms with E-state index in [-0.39, 0.29) is 29.9 Å². The van der Waals surface area contributed by atoms with E-state index in [0.29, 0.717) is 0 Å². The highest BCUT2D eigenvalue weighted by atomic mass is 19.1. The lowest BCUT2D eigenvalue weighted by Gasteiger charge is -2.11. The van der Waals surface area contributed by atoms with E-state index in [2.05, 4.69) is 5.32 Å². The van der Waals surface area contributed by atoms with Crippen molar-refractivity contribution in [2.45, 2.75) is 32.8 Å². The Kier molecular flexibility index (Phi) is 6.11. The molecule has 0 fully saturated rings. The predicted octanol–water partition coefficient (Wildman–Crippen LogP) is 2.21. The van der Waals surface area contributed by atoms with Gasteiger partial charge in [-0.1, -0.05) is 13.0 Å². The van der Waals surface area contributed by atoms with E-state index >= 15 is 0 Å². The number of carbonyl (C=O) groups is 2. The summed E-state index contributed by atoms with van der Waals surface area (Å²) in [7, 11) is 0. The second-order valence-corrected chi connectivity index (χ2v) is 4.45. The van der Waals surface area contributed by atoms with Crippen LogP contribution in [0.4, 0.5) is 10.1 Å². The van der Waals surface area contributed by atoms with Crippen LogP contribution in [0.1, 0.15) is 25.8 Å². The number of amides is 1. The summed E-state index contributed by atoms with van der Waals surface area (Å²) >= 11 is 0. The van der Waals surface area contributed by atoms with E-state index in [1.54, 1.807) is 0 Å². The van der Waals surface area contributed by atoms with Crippen molar-refractivity contribution in [2.24, 2.45) is 0 Å². The molecule has 0 aromatic heterocycles. The van der Waals surface area contributed by atoms with E-state index < -0.39 is 18.2 Å². The lowest BCUT2D eigenvalue weighted by Crippen LogP contribution is -2.21. The summed E-state index contributed by atoms with van der Waals surface area (Å²) in [5.74, 6) is -2.15. The fourth-order valence-corrected chi connectivity index (χ4v) is 1.46. The number of ether oxygens (including phenoxy) is 1. The summed E-state index contributed by atoms with van der Waals surface area (Å²) in [6.07, 6.45) is 0.388. The molecule has 5 nitrogen and oxygen atoms in total. The molecular weight excluding hydrogens is 265 g/mol. The Morgan fingerprint density at radius 2 is 2.15 bits per heavy atom. The summed E-state index contributed by atoms with van der Waals surface area (Å²) < 4.78 is 18.8. The van der Waals surface area contributed by atoms with Crippen molar-refractivity contribution in [1.29, 1.82) is 0 Å². The molecular formula is C14H18FNO4. The van der Waals surface area contributed by atoms with Crippen molar-refractivity contribution in [3.8, 4) is 0 Å². The highest BCUT2D eigenvalue weighted by molar-refractivity contribution is 5.91. The number of carboxylic acids is 1. The molecule has 1 rings (SSSR count). The van der Waals surface area contributed by atoms with Gasteiger partial charge < -0.3 is 15.2 Å². The van der Waals surface area contributed by atoms with Crippen LogP contribution in [-0.4, -0.2) is 29.7 Å². The average Bonchev–Trinajstić information content (AvgIpc) is 2.38. The molecule has 1 atom stereocenters. The van der Waals surface area contributed by atoms with Crippen LogP contribution >= 0.6 is 0 Å². The number of anilines is 1. The number of carbonyl (C=O) groups excluding carboxylic acids is 1. The van der Waals surface area contributed by atoms with Crippen LogP contribution in [0.2, 0.25) is 0 Å². The fraction of sp³-hybridized carbons (Fsp3) is 0.429. The van der Waals surface area contributed by atoms with Crippen LogP contribution in [0.15, 0.2) is 18.2 Å². The smallest absolute Gasteiger partial charge is 0.307 e. The van der Waals surface area contributed by atoms with Gasteiger partial charge in [0.1, 0.15) is 12.4 Å². The molecule has 20 heavy (non-hydrogen) atoms. The molecule has 1 aromatic carbocycles. The molecule has 0 bridgehead atoms. The normalized spacial score (nSPS) is 11.9. The minimum absolute atomic E-state index is 0.0181. The first-order valence-electron chi connectivity index (χ1n) is 6.34. The van der Waals surface area contributed by atoms with E-state index in [4.69, 9.17) is 9.84 Å². The van der Waals surface area contributed by atoms with Gasteiger partial charge in [0.2, 0.25) is 5.91 Å². The lowest BCUT2D eigenvalue weighted by molar-refractivity contribution is -0.136. The van der Waals surface area contributed by atoms with Crippen molar-refractivity contribution in [3.05, 3.63) is 29.6 Å². The number of carboxylic acid groups (broad SMARTS) is 1. The maximum absolute atomic E-state index is 13.6. The number of halogens is 1. The van der Waals surface area contributed by atoms with Crippen LogP contribution in [0.3, 0.4) is 0 Å². The first kappa shape index (κ1) is 16.1. The molecule has 0 heterocycles. The highest BCUT2D eigenvalue weighted by Crippen LogP contribution is 2.15. The molecule has 0 spiro atoms. The Morgan fingerprint density at radius 1 is 1.45 bits per heavy atom. The Balaban J connectivity index is 2.58. The molecule has 0 saturated heterocycles. The minimum Gasteiger partial charge on any atom is -0.481 e. The van der Waals surface area contributed by atoms with Crippen molar-refractivity contribution < 1.29 is 23.8 Å². The number of benzene rings is 1. The second-order valence-electron chi connectivity index (χ2n) is 4.45. The summed E-state index contributed by atoms with van der Waals surface area (Å²) in [6, 6.07) is 3.90. The van der Waals surface area contributed by atoms with Crippen LogP contribution in [0, 0.1) is 5.82 Å². The summed E-state index contributed by atoms with van der Waals surface area (Å²) in [5, 5.41) is 11.1. The van der Waals surface area contributed by atoms with Crippen molar-refractivity contribution >= 4 is 17.6 Å². The van der Waals surface area contributed by atoms with E-state index in [0.717, 1.165) is 12.5 Å². The molecule has 0 radical (unpaired) electrons. The highest BCUT2D eigenvalue weighted by Gasteiger charge is 2.10. The van der Waals surface area contributed by atoms with Crippen LogP contribution < -0.4 is 5.32 Å². The number of rotatable bonds is 7. The summed E-state index contributed by atoms with van der Waals surface area (Å²) in [5.41, 5.74) is 0.348. The average molecular weight is 283 g/mol. The van der Waals surface area contributed by atoms with Crippen molar-refractivity contribution in [3.63, 3.8) is 0 Å². The number of hydrogen-bond acceptors (Lipinski definition) is 3. The van der Waals surface area contributed by atoms with Gasteiger partial charge in [-0.2, -0.15) is 0 Å². The minimum atomic E-state index is -1.11. The maximum atomic E-state index is 13.6. The SMILES string of the molecule is CCC(C)OCC(=O)Nc1ccc(CC(=O)O)c(F)c1. The standard InChI is InChI=1S/C14H18FNO4/c1-3-9(2)20-8-13(17)16-11-5-4-10(6-14(18)19)12(15)7-11/h4-5,7,9H,3,6,8H2,1-2H3,(H,16,17)(H,18,19). The molecule has 0 aliphatic rings. The van der Waals surface area contributed by atoms with Gasteiger partial charge in [-0.3, -0.25) is 9.59 Å². The third-order valence-electron chi connectivity index (χ3n) is 2.75. The van der Waals surface area contributed by atoms with Gasteiger partial charge in [-0.15, -0.1) is 0 Å². The van der Waals surface area contributed by atoms with Gasteiger partial charge in [0.25, 0.3) is 0 Å². The molecule has 0 aliphatic heterocycles. The first-order chi connectivity index (χ1) is 9.42. The van der Waals surface area contributed by atoms with Crippen molar-refractivity contribution in [1.82, 2.24) is 0 Å². The Hall–Kier alpha value is -1.95. The quantitative estimate of drug-likeness (QED) is 0.804. The van der Waals surface area contributed by atoms with Crippen LogP contribution in [-0.2, 0) is 20.7 Å². The van der Waals surface area contributed by atoms with E-state index in [1.165, 1.54) is 12.1 Å². The van der Waals surface area contributed by atoms with Crippen LogP contribution in [0.5, 0.6) is 0 Å². The first-order valence-corrected chi connectivity index (χ1v) is 6.34. The zero-order chi connectivity index (χ0) is 15.1. The molecule has 110 valence electrons. The Labute approximate surface area is 116 Å². The molecule has 1 unspecified atom stereocenters. The van der Waals surface area contributed by atoms with Gasteiger partial charge in [0.15, 0.2) is 0 Å². The maximum Gasteiger partial charge on any atom is 0.307 e. The van der Waals surface area contributed by atoms with Crippen LogP contribution in [0.25, 0.3) is 0 Å². The number of nitrogens with one attached hydrogen (secondary N) is 1. The Bertz CT molecular complexity index is 490. The largest absolute Gasteiger partial charge is 0.481 e. The predicted molar refractivity (Wildman–Crippen MR) is 72.1 cm³/mol. The zero-order valence-electron chi connectivity index (χ0n) is 11.5. The molecule has 6 heteroatoms. The fourth-order valence-electron chi connectivity index (χ4n) is 1.46. The number of aliphatic carboxylic acids is 1. The van der Waals surface area contributed by atoms with Gasteiger partial charge in [-0.25, -0.2) is 4.39 Å². The van der Waals surface area contributed by atoms with Gasteiger partial charge in [0, 0.05) is 5.69 Å². The molecule has 1 aromatic rings. The number of hydrogen-bond donors (Lipinski definition) is 2. The third-order valence-corrected chi connectivity index (χ3v) is 2.75. The third kappa shape index (κ3) is 5.36. The van der Waals surface area contributed by atoms with Gasteiger partial charge >= 0.3 is 5.97 Å². The van der Waals surface area contributed by atoms with E-state index in [9.17, 15) is 14.0 Å². The lowest BCUT2D eigenvalue weighted by atomic mass is 10.1. The topological polar surface area (TPSA) is 75.6 Å². The van der Waals surface area contributed by atoms with Gasteiger partial charge in [-0.05, 0) is 31.0 Å². The Morgan fingerprint density at radius 3 is 2.70 bits per heavy atom. The van der Waals surface area contributed by atoms with Crippen molar-refractivity contribution in [2.75, 3.05) is 11.9 Å². The summed E-state index contributed by atoms with van der Waals surface area (Å²) in [4.78, 5) is 22.1.